The van der Waals surface area contributed by atoms with Gasteiger partial charge in [0.25, 0.3) is 0 Å². The number of rotatable bonds is 2. The summed E-state index contributed by atoms with van der Waals surface area (Å²) in [4.78, 5) is 17.4. The second kappa shape index (κ2) is 3.31. The predicted octanol–water partition coefficient (Wildman–Crippen LogP) is 1.84. The van der Waals surface area contributed by atoms with Crippen molar-refractivity contribution in [1.29, 1.82) is 0 Å². The predicted molar refractivity (Wildman–Crippen MR) is 52.4 cm³/mol. The van der Waals surface area contributed by atoms with Gasteiger partial charge in [-0.3, -0.25) is 4.79 Å². The number of aromatic nitrogens is 2. The molecule has 4 nitrogen and oxygen atoms in total. The van der Waals surface area contributed by atoms with Gasteiger partial charge in [-0.1, -0.05) is 17.7 Å². The maximum atomic E-state index is 10.5. The van der Waals surface area contributed by atoms with Crippen LogP contribution >= 0.6 is 11.6 Å². The zero-order valence-corrected chi connectivity index (χ0v) is 7.88. The first-order valence-electron chi connectivity index (χ1n) is 4.00. The van der Waals surface area contributed by atoms with Crippen molar-refractivity contribution in [2.75, 3.05) is 0 Å². The summed E-state index contributed by atoms with van der Waals surface area (Å²) in [6.07, 6.45) is 1.46. The molecule has 0 aliphatic carbocycles. The van der Waals surface area contributed by atoms with Gasteiger partial charge in [-0.25, -0.2) is 4.98 Å². The molecule has 5 heteroatoms. The minimum absolute atomic E-state index is 0.0431. The van der Waals surface area contributed by atoms with Crippen LogP contribution in [0.4, 0.5) is 0 Å². The maximum Gasteiger partial charge on any atom is 0.307 e. The number of aliphatic carboxylic acids is 1. The lowest BCUT2D eigenvalue weighted by atomic mass is 10.1. The molecule has 2 aromatic rings. The zero-order chi connectivity index (χ0) is 10.1. The van der Waals surface area contributed by atoms with E-state index >= 15 is 0 Å². The van der Waals surface area contributed by atoms with E-state index in [4.69, 9.17) is 16.7 Å². The van der Waals surface area contributed by atoms with Crippen molar-refractivity contribution in [2.45, 2.75) is 6.42 Å². The monoisotopic (exact) mass is 210 g/mol. The number of carboxylic acid groups (broad SMARTS) is 1. The molecule has 0 saturated heterocycles. The van der Waals surface area contributed by atoms with Crippen LogP contribution in [0.3, 0.4) is 0 Å². The number of aromatic amines is 1. The molecule has 0 unspecified atom stereocenters. The molecule has 0 radical (unpaired) electrons. The fraction of sp³-hybridized carbons (Fsp3) is 0.111. The van der Waals surface area contributed by atoms with E-state index in [0.717, 1.165) is 0 Å². The van der Waals surface area contributed by atoms with Crippen molar-refractivity contribution >= 4 is 28.6 Å². The van der Waals surface area contributed by atoms with Crippen molar-refractivity contribution in [3.8, 4) is 0 Å². The average Bonchev–Trinajstić information content (AvgIpc) is 2.58. The van der Waals surface area contributed by atoms with Crippen LogP contribution in [0.25, 0.3) is 11.0 Å². The summed E-state index contributed by atoms with van der Waals surface area (Å²) in [5, 5.41) is 9.21. The third-order valence-electron chi connectivity index (χ3n) is 1.95. The van der Waals surface area contributed by atoms with Crippen molar-refractivity contribution in [3.63, 3.8) is 0 Å². The van der Waals surface area contributed by atoms with E-state index in [-0.39, 0.29) is 6.42 Å². The number of nitrogens with zero attached hydrogens (tertiary/aromatic N) is 1. The number of hydrogen-bond donors (Lipinski definition) is 2. The molecule has 2 N–H and O–H groups in total. The highest BCUT2D eigenvalue weighted by molar-refractivity contribution is 6.35. The van der Waals surface area contributed by atoms with Gasteiger partial charge in [-0.05, 0) is 11.6 Å². The smallest absolute Gasteiger partial charge is 0.307 e. The number of fused-ring (bicyclic) bond motifs is 1. The Morgan fingerprint density at radius 1 is 1.57 bits per heavy atom. The van der Waals surface area contributed by atoms with Gasteiger partial charge in [0.2, 0.25) is 0 Å². The molecule has 0 spiro atoms. The average molecular weight is 211 g/mol. The molecule has 0 aliphatic rings. The standard InChI is InChI=1S/C9H7ClN2O2/c10-6-2-1-5(3-7(13)14)8-9(6)12-4-11-8/h1-2,4H,3H2,(H,11,12)(H,13,14). The summed E-state index contributed by atoms with van der Waals surface area (Å²) in [6, 6.07) is 3.35. The van der Waals surface area contributed by atoms with E-state index in [2.05, 4.69) is 9.97 Å². The van der Waals surface area contributed by atoms with Gasteiger partial charge >= 0.3 is 5.97 Å². The van der Waals surface area contributed by atoms with Crippen LogP contribution in [0.5, 0.6) is 0 Å². The number of H-pyrrole nitrogens is 1. The minimum atomic E-state index is -0.878. The largest absolute Gasteiger partial charge is 0.481 e. The highest BCUT2D eigenvalue weighted by atomic mass is 35.5. The van der Waals surface area contributed by atoms with Gasteiger partial charge in [-0.2, -0.15) is 0 Å². The van der Waals surface area contributed by atoms with Crippen LogP contribution < -0.4 is 0 Å². The lowest BCUT2D eigenvalue weighted by Crippen LogP contribution is -2.00. The number of carboxylic acids is 1. The lowest BCUT2D eigenvalue weighted by Gasteiger charge is -1.99. The molecule has 0 atom stereocenters. The molecule has 0 saturated carbocycles. The third kappa shape index (κ3) is 1.44. The van der Waals surface area contributed by atoms with Crippen LogP contribution in [0.2, 0.25) is 5.02 Å². The molecule has 0 bridgehead atoms. The van der Waals surface area contributed by atoms with E-state index in [0.29, 0.717) is 21.6 Å². The van der Waals surface area contributed by atoms with Gasteiger partial charge in [0.1, 0.15) is 0 Å². The topological polar surface area (TPSA) is 66.0 Å². The number of imidazole rings is 1. The molecule has 1 aromatic heterocycles. The minimum Gasteiger partial charge on any atom is -0.481 e. The number of benzene rings is 1. The first-order chi connectivity index (χ1) is 6.68. The molecule has 1 aromatic carbocycles. The van der Waals surface area contributed by atoms with E-state index < -0.39 is 5.97 Å². The van der Waals surface area contributed by atoms with Crippen molar-refractivity contribution in [1.82, 2.24) is 9.97 Å². The molecular weight excluding hydrogens is 204 g/mol. The summed E-state index contributed by atoms with van der Waals surface area (Å²) >= 11 is 5.89. The Morgan fingerprint density at radius 2 is 2.36 bits per heavy atom. The summed E-state index contributed by atoms with van der Waals surface area (Å²) in [7, 11) is 0. The third-order valence-corrected chi connectivity index (χ3v) is 2.27. The van der Waals surface area contributed by atoms with Crippen LogP contribution in [-0.2, 0) is 11.2 Å². The van der Waals surface area contributed by atoms with Crippen molar-refractivity contribution in [2.24, 2.45) is 0 Å². The summed E-state index contributed by atoms with van der Waals surface area (Å²) in [5.41, 5.74) is 1.98. The Kier molecular flexibility index (Phi) is 2.13. The number of hydrogen-bond acceptors (Lipinski definition) is 2. The van der Waals surface area contributed by atoms with Crippen LogP contribution in [-0.4, -0.2) is 21.0 Å². The van der Waals surface area contributed by atoms with Crippen LogP contribution in [0.15, 0.2) is 18.5 Å². The second-order valence-corrected chi connectivity index (χ2v) is 3.31. The first kappa shape index (κ1) is 9.02. The first-order valence-corrected chi connectivity index (χ1v) is 4.38. The second-order valence-electron chi connectivity index (χ2n) is 2.90. The molecule has 1 heterocycles. The highest BCUT2D eigenvalue weighted by Crippen LogP contribution is 2.23. The van der Waals surface area contributed by atoms with Gasteiger partial charge in [0, 0.05) is 0 Å². The molecule has 72 valence electrons. The van der Waals surface area contributed by atoms with Gasteiger partial charge in [0.15, 0.2) is 0 Å². The SMILES string of the molecule is O=C(O)Cc1ccc(Cl)c2[nH]cnc12. The Bertz CT molecular complexity index is 493. The van der Waals surface area contributed by atoms with Gasteiger partial charge in [0.05, 0.1) is 28.8 Å². The molecular formula is C9H7ClN2O2. The number of nitrogens with one attached hydrogen (secondary N) is 1. The number of carbonyl (C=O) groups is 1. The Hall–Kier alpha value is -1.55. The Morgan fingerprint density at radius 3 is 3.07 bits per heavy atom. The molecule has 14 heavy (non-hydrogen) atoms. The van der Waals surface area contributed by atoms with E-state index in [9.17, 15) is 4.79 Å². The summed E-state index contributed by atoms with van der Waals surface area (Å²) in [5.74, 6) is -0.878. The van der Waals surface area contributed by atoms with E-state index in [1.807, 2.05) is 0 Å². The van der Waals surface area contributed by atoms with Crippen LogP contribution in [0.1, 0.15) is 5.56 Å². The van der Waals surface area contributed by atoms with E-state index in [1.54, 1.807) is 12.1 Å². The quantitative estimate of drug-likeness (QED) is 0.795. The normalized spacial score (nSPS) is 10.6. The lowest BCUT2D eigenvalue weighted by molar-refractivity contribution is -0.136. The fourth-order valence-corrected chi connectivity index (χ4v) is 1.57. The van der Waals surface area contributed by atoms with E-state index in [1.165, 1.54) is 6.33 Å². The Labute approximate surface area is 84.5 Å². The van der Waals surface area contributed by atoms with Crippen LogP contribution in [0, 0.1) is 0 Å². The molecule has 0 aliphatic heterocycles. The van der Waals surface area contributed by atoms with Gasteiger partial charge in [-0.15, -0.1) is 0 Å². The zero-order valence-electron chi connectivity index (χ0n) is 7.12. The summed E-state index contributed by atoms with van der Waals surface area (Å²) < 4.78 is 0. The maximum absolute atomic E-state index is 10.5. The molecule has 2 rings (SSSR count). The molecule has 0 amide bonds. The number of halogens is 1. The fourth-order valence-electron chi connectivity index (χ4n) is 1.36. The Balaban J connectivity index is 2.60. The van der Waals surface area contributed by atoms with Crippen molar-refractivity contribution < 1.29 is 9.90 Å². The highest BCUT2D eigenvalue weighted by Gasteiger charge is 2.09. The van der Waals surface area contributed by atoms with Crippen molar-refractivity contribution in [3.05, 3.63) is 29.0 Å². The summed E-state index contributed by atoms with van der Waals surface area (Å²) in [6.45, 7) is 0. The van der Waals surface area contributed by atoms with Gasteiger partial charge < -0.3 is 10.1 Å². The molecule has 0 fully saturated rings.